The molecule has 0 saturated carbocycles. The van der Waals surface area contributed by atoms with Gasteiger partial charge in [-0.1, -0.05) is 20.3 Å². The molecule has 7 nitrogen and oxygen atoms in total. The van der Waals surface area contributed by atoms with Gasteiger partial charge in [-0.25, -0.2) is 0 Å². The molecule has 3 heterocycles. The van der Waals surface area contributed by atoms with Gasteiger partial charge in [-0.15, -0.1) is 10.2 Å². The van der Waals surface area contributed by atoms with E-state index in [-0.39, 0.29) is 0 Å². The number of aromatic nitrogens is 5. The summed E-state index contributed by atoms with van der Waals surface area (Å²) >= 11 is 0. The zero-order valence-electron chi connectivity index (χ0n) is 13.8. The summed E-state index contributed by atoms with van der Waals surface area (Å²) in [6, 6.07) is 0. The molecule has 0 bridgehead atoms. The molecule has 23 heavy (non-hydrogen) atoms. The van der Waals surface area contributed by atoms with Crippen LogP contribution in [0.5, 0.6) is 5.88 Å². The number of hydrogen-bond acceptors (Lipinski definition) is 6. The van der Waals surface area contributed by atoms with Crippen molar-refractivity contribution in [2.45, 2.75) is 52.6 Å². The van der Waals surface area contributed by atoms with Crippen molar-refractivity contribution < 1.29 is 4.74 Å². The van der Waals surface area contributed by atoms with Gasteiger partial charge < -0.3 is 14.6 Å². The van der Waals surface area contributed by atoms with E-state index in [1.807, 2.05) is 0 Å². The highest BCUT2D eigenvalue weighted by molar-refractivity contribution is 5.33. The number of hydrogen-bond donors (Lipinski definition) is 1. The zero-order valence-corrected chi connectivity index (χ0v) is 13.8. The predicted molar refractivity (Wildman–Crippen MR) is 87.3 cm³/mol. The molecule has 0 fully saturated rings. The lowest BCUT2D eigenvalue weighted by Gasteiger charge is -2.10. The standard InChI is InChI=1S/C16H24N6O/c1-12(2)11-23-16-10-17-8-13(19-16)18-9-15-21-20-14-6-4-3-5-7-22(14)15/h8,10,12H,3-7,9,11H2,1-2H3,(H,18,19). The first-order valence-corrected chi connectivity index (χ1v) is 8.32. The molecule has 0 aliphatic carbocycles. The van der Waals surface area contributed by atoms with Crippen LogP contribution in [0, 0.1) is 5.92 Å². The molecular formula is C16H24N6O. The highest BCUT2D eigenvalue weighted by Gasteiger charge is 2.14. The Kier molecular flexibility index (Phi) is 5.05. The number of fused-ring (bicyclic) bond motifs is 1. The molecule has 2 aromatic heterocycles. The van der Waals surface area contributed by atoms with Crippen LogP contribution in [0.1, 0.15) is 44.8 Å². The van der Waals surface area contributed by atoms with Gasteiger partial charge in [0, 0.05) is 13.0 Å². The van der Waals surface area contributed by atoms with Crippen LogP contribution in [0.4, 0.5) is 5.82 Å². The molecule has 0 saturated heterocycles. The fourth-order valence-electron chi connectivity index (χ4n) is 2.60. The minimum Gasteiger partial charge on any atom is -0.476 e. The highest BCUT2D eigenvalue weighted by atomic mass is 16.5. The van der Waals surface area contributed by atoms with Gasteiger partial charge in [-0.3, -0.25) is 4.98 Å². The molecule has 0 radical (unpaired) electrons. The van der Waals surface area contributed by atoms with Crippen LogP contribution in [-0.2, 0) is 19.5 Å². The first kappa shape index (κ1) is 15.7. The van der Waals surface area contributed by atoms with Crippen molar-refractivity contribution in [3.63, 3.8) is 0 Å². The Morgan fingerprint density at radius 1 is 1.22 bits per heavy atom. The Labute approximate surface area is 136 Å². The highest BCUT2D eigenvalue weighted by Crippen LogP contribution is 2.16. The first-order valence-electron chi connectivity index (χ1n) is 8.32. The number of ether oxygens (including phenoxy) is 1. The van der Waals surface area contributed by atoms with E-state index in [0.717, 1.165) is 24.6 Å². The lowest BCUT2D eigenvalue weighted by Crippen LogP contribution is -2.12. The van der Waals surface area contributed by atoms with Crippen LogP contribution in [0.15, 0.2) is 12.4 Å². The Bertz CT molecular complexity index is 639. The summed E-state index contributed by atoms with van der Waals surface area (Å²) in [6.45, 7) is 6.44. The summed E-state index contributed by atoms with van der Waals surface area (Å²) in [6.07, 6.45) is 8.00. The topological polar surface area (TPSA) is 77.8 Å². The molecule has 1 N–H and O–H groups in total. The van der Waals surface area contributed by atoms with Gasteiger partial charge in [0.25, 0.3) is 0 Å². The molecule has 2 aromatic rings. The van der Waals surface area contributed by atoms with Gasteiger partial charge in [-0.05, 0) is 18.8 Å². The van der Waals surface area contributed by atoms with E-state index in [0.29, 0.717) is 30.8 Å². The predicted octanol–water partition coefficient (Wildman–Crippen LogP) is 2.44. The second-order valence-electron chi connectivity index (χ2n) is 6.30. The molecule has 0 amide bonds. The maximum atomic E-state index is 5.61. The average molecular weight is 316 g/mol. The van der Waals surface area contributed by atoms with Gasteiger partial charge in [0.05, 0.1) is 25.5 Å². The van der Waals surface area contributed by atoms with Crippen LogP contribution in [0.3, 0.4) is 0 Å². The van der Waals surface area contributed by atoms with Crippen molar-refractivity contribution in [1.29, 1.82) is 0 Å². The van der Waals surface area contributed by atoms with Crippen LogP contribution in [0.2, 0.25) is 0 Å². The van der Waals surface area contributed by atoms with E-state index in [4.69, 9.17) is 4.74 Å². The van der Waals surface area contributed by atoms with E-state index >= 15 is 0 Å². The van der Waals surface area contributed by atoms with Crippen LogP contribution >= 0.6 is 0 Å². The molecule has 1 aliphatic rings. The second-order valence-corrected chi connectivity index (χ2v) is 6.30. The third-order valence-corrected chi connectivity index (χ3v) is 3.79. The molecule has 0 aromatic carbocycles. The Hall–Kier alpha value is -2.18. The van der Waals surface area contributed by atoms with Crippen LogP contribution in [0.25, 0.3) is 0 Å². The minimum absolute atomic E-state index is 0.458. The van der Waals surface area contributed by atoms with Gasteiger partial charge in [-0.2, -0.15) is 4.98 Å². The second kappa shape index (κ2) is 7.39. The Morgan fingerprint density at radius 2 is 2.13 bits per heavy atom. The monoisotopic (exact) mass is 316 g/mol. The van der Waals surface area contributed by atoms with Gasteiger partial charge in [0.2, 0.25) is 5.88 Å². The van der Waals surface area contributed by atoms with Crippen LogP contribution in [-0.4, -0.2) is 31.3 Å². The number of nitrogens with one attached hydrogen (secondary N) is 1. The summed E-state index contributed by atoms with van der Waals surface area (Å²) < 4.78 is 7.83. The Morgan fingerprint density at radius 3 is 3.00 bits per heavy atom. The average Bonchev–Trinajstić information content (AvgIpc) is 2.78. The quantitative estimate of drug-likeness (QED) is 0.882. The van der Waals surface area contributed by atoms with Gasteiger partial charge in [0.15, 0.2) is 5.82 Å². The minimum atomic E-state index is 0.458. The smallest absolute Gasteiger partial charge is 0.234 e. The lowest BCUT2D eigenvalue weighted by atomic mass is 10.2. The largest absolute Gasteiger partial charge is 0.476 e. The summed E-state index contributed by atoms with van der Waals surface area (Å²) in [4.78, 5) is 8.59. The SMILES string of the molecule is CC(C)COc1cncc(NCc2nnc3n2CCCCC3)n1. The van der Waals surface area contributed by atoms with Crippen molar-refractivity contribution >= 4 is 5.82 Å². The fourth-order valence-corrected chi connectivity index (χ4v) is 2.60. The number of nitrogens with zero attached hydrogens (tertiary/aromatic N) is 5. The number of rotatable bonds is 6. The van der Waals surface area contributed by atoms with Crippen LogP contribution < -0.4 is 10.1 Å². The third kappa shape index (κ3) is 4.18. The number of aryl methyl sites for hydroxylation is 1. The maximum Gasteiger partial charge on any atom is 0.234 e. The summed E-state index contributed by atoms with van der Waals surface area (Å²) in [5.41, 5.74) is 0. The van der Waals surface area contributed by atoms with Crippen molar-refractivity contribution in [2.24, 2.45) is 5.92 Å². The molecule has 0 spiro atoms. The molecule has 0 unspecified atom stereocenters. The zero-order chi connectivity index (χ0) is 16.1. The summed E-state index contributed by atoms with van der Waals surface area (Å²) in [5, 5.41) is 11.9. The van der Waals surface area contributed by atoms with Crippen molar-refractivity contribution in [3.8, 4) is 5.88 Å². The van der Waals surface area contributed by atoms with E-state index in [1.54, 1.807) is 12.4 Å². The maximum absolute atomic E-state index is 5.61. The molecule has 0 atom stereocenters. The Balaban J connectivity index is 1.62. The molecule has 7 heteroatoms. The van der Waals surface area contributed by atoms with E-state index < -0.39 is 0 Å². The molecule has 124 valence electrons. The molecule has 3 rings (SSSR count). The van der Waals surface area contributed by atoms with Crippen molar-refractivity contribution in [1.82, 2.24) is 24.7 Å². The fraction of sp³-hybridized carbons (Fsp3) is 0.625. The van der Waals surface area contributed by atoms with E-state index in [9.17, 15) is 0 Å². The normalized spacial score (nSPS) is 14.4. The van der Waals surface area contributed by atoms with Gasteiger partial charge >= 0.3 is 0 Å². The molecular weight excluding hydrogens is 292 g/mol. The first-order chi connectivity index (χ1) is 11.2. The number of anilines is 1. The third-order valence-electron chi connectivity index (χ3n) is 3.79. The molecule has 1 aliphatic heterocycles. The van der Waals surface area contributed by atoms with Gasteiger partial charge in [0.1, 0.15) is 11.6 Å². The van der Waals surface area contributed by atoms with Crippen molar-refractivity contribution in [2.75, 3.05) is 11.9 Å². The van der Waals surface area contributed by atoms with Crippen molar-refractivity contribution in [3.05, 3.63) is 24.0 Å². The lowest BCUT2D eigenvalue weighted by molar-refractivity contribution is 0.260. The van der Waals surface area contributed by atoms with E-state index in [2.05, 4.69) is 43.9 Å². The summed E-state index contributed by atoms with van der Waals surface area (Å²) in [5.74, 6) is 3.75. The summed E-state index contributed by atoms with van der Waals surface area (Å²) in [7, 11) is 0. The van der Waals surface area contributed by atoms with E-state index in [1.165, 1.54) is 19.3 Å².